The van der Waals surface area contributed by atoms with Gasteiger partial charge in [0.2, 0.25) is 5.95 Å². The average molecular weight is 235 g/mol. The molecule has 3 rings (SSSR count). The zero-order valence-electron chi connectivity index (χ0n) is 9.67. The second-order valence-corrected chi connectivity index (χ2v) is 4.37. The van der Waals surface area contributed by atoms with Gasteiger partial charge in [0, 0.05) is 32.4 Å². The van der Waals surface area contributed by atoms with Gasteiger partial charge in [-0.3, -0.25) is 4.40 Å². The van der Waals surface area contributed by atoms with Gasteiger partial charge in [-0.1, -0.05) is 0 Å². The van der Waals surface area contributed by atoms with Crippen molar-refractivity contribution in [3.05, 3.63) is 24.1 Å². The second-order valence-electron chi connectivity index (χ2n) is 4.37. The fraction of sp³-hybridized carbons (Fsp3) is 0.455. The number of likely N-dealkylation sites (N-methyl/N-ethyl adjacent to an activating group) is 1. The third-order valence-electron chi connectivity index (χ3n) is 3.13. The molecule has 0 radical (unpaired) electrons. The molecule has 1 aliphatic rings. The molecule has 0 aliphatic carbocycles. The van der Waals surface area contributed by atoms with Crippen LogP contribution in [0.3, 0.4) is 0 Å². The van der Waals surface area contributed by atoms with Crippen molar-refractivity contribution in [2.24, 2.45) is 0 Å². The molecular weight excluding hydrogens is 221 g/mol. The molecule has 0 aromatic carbocycles. The topological polar surface area (TPSA) is 36.7 Å². The van der Waals surface area contributed by atoms with Crippen molar-refractivity contribution in [1.82, 2.24) is 19.5 Å². The molecule has 0 spiro atoms. The number of nitrogens with zero attached hydrogens (tertiary/aromatic N) is 5. The molecular formula is C11H14FN5. The summed E-state index contributed by atoms with van der Waals surface area (Å²) in [5.74, 6) is 0.459. The Balaban J connectivity index is 1.97. The Kier molecular flexibility index (Phi) is 2.44. The Labute approximate surface area is 98.5 Å². The van der Waals surface area contributed by atoms with Crippen molar-refractivity contribution in [3.8, 4) is 0 Å². The molecule has 0 bridgehead atoms. The average Bonchev–Trinajstić information content (AvgIpc) is 2.73. The monoisotopic (exact) mass is 235 g/mol. The van der Waals surface area contributed by atoms with Gasteiger partial charge in [-0.15, -0.1) is 10.2 Å². The van der Waals surface area contributed by atoms with Crippen molar-refractivity contribution in [2.45, 2.75) is 0 Å². The summed E-state index contributed by atoms with van der Waals surface area (Å²) < 4.78 is 14.9. The molecule has 90 valence electrons. The van der Waals surface area contributed by atoms with E-state index in [2.05, 4.69) is 27.0 Å². The summed E-state index contributed by atoms with van der Waals surface area (Å²) in [6, 6.07) is 3.04. The van der Waals surface area contributed by atoms with Crippen LogP contribution in [0.1, 0.15) is 0 Å². The minimum atomic E-state index is -0.271. The van der Waals surface area contributed by atoms with Gasteiger partial charge in [0.05, 0.1) is 0 Å². The maximum Gasteiger partial charge on any atom is 0.231 e. The van der Waals surface area contributed by atoms with E-state index >= 15 is 0 Å². The summed E-state index contributed by atoms with van der Waals surface area (Å²) in [7, 11) is 2.10. The van der Waals surface area contributed by atoms with Crippen LogP contribution in [0.4, 0.5) is 10.3 Å². The smallest absolute Gasteiger partial charge is 0.231 e. The standard InChI is InChI=1S/C11H14FN5/c1-15-4-6-16(7-5-15)11-14-13-10-3-2-9(12)8-17(10)11/h2-3,8H,4-7H2,1H3. The van der Waals surface area contributed by atoms with Gasteiger partial charge >= 0.3 is 0 Å². The Morgan fingerprint density at radius 2 is 1.88 bits per heavy atom. The number of halogens is 1. The zero-order chi connectivity index (χ0) is 11.8. The molecule has 3 heterocycles. The maximum absolute atomic E-state index is 13.2. The minimum Gasteiger partial charge on any atom is -0.338 e. The molecule has 6 heteroatoms. The number of fused-ring (bicyclic) bond motifs is 1. The molecule has 1 aliphatic heterocycles. The van der Waals surface area contributed by atoms with E-state index in [4.69, 9.17) is 0 Å². The molecule has 2 aromatic rings. The summed E-state index contributed by atoms with van der Waals surface area (Å²) in [4.78, 5) is 4.40. The van der Waals surface area contributed by atoms with Crippen molar-refractivity contribution in [2.75, 3.05) is 38.1 Å². The lowest BCUT2D eigenvalue weighted by molar-refractivity contribution is 0.311. The SMILES string of the molecule is CN1CCN(c2nnc3ccc(F)cn23)CC1. The highest BCUT2D eigenvalue weighted by molar-refractivity contribution is 5.46. The van der Waals surface area contributed by atoms with Crippen LogP contribution in [-0.2, 0) is 0 Å². The van der Waals surface area contributed by atoms with Gasteiger partial charge in [-0.2, -0.15) is 0 Å². The number of hydrogen-bond acceptors (Lipinski definition) is 4. The summed E-state index contributed by atoms with van der Waals surface area (Å²) >= 11 is 0. The number of piperazine rings is 1. The lowest BCUT2D eigenvalue weighted by atomic mass is 10.3. The molecule has 0 N–H and O–H groups in total. The molecule has 5 nitrogen and oxygen atoms in total. The maximum atomic E-state index is 13.2. The first-order valence-electron chi connectivity index (χ1n) is 5.68. The van der Waals surface area contributed by atoms with Crippen LogP contribution in [0.2, 0.25) is 0 Å². The van der Waals surface area contributed by atoms with E-state index in [-0.39, 0.29) is 5.82 Å². The first-order chi connectivity index (χ1) is 8.24. The predicted molar refractivity (Wildman–Crippen MR) is 62.7 cm³/mol. The van der Waals surface area contributed by atoms with Crippen LogP contribution in [-0.4, -0.2) is 52.7 Å². The van der Waals surface area contributed by atoms with Crippen LogP contribution in [0.25, 0.3) is 5.65 Å². The molecule has 0 amide bonds. The molecule has 17 heavy (non-hydrogen) atoms. The number of pyridine rings is 1. The summed E-state index contributed by atoms with van der Waals surface area (Å²) in [6.07, 6.45) is 1.43. The molecule has 1 fully saturated rings. The summed E-state index contributed by atoms with van der Waals surface area (Å²) in [5.41, 5.74) is 0.681. The highest BCUT2D eigenvalue weighted by Crippen LogP contribution is 2.15. The quantitative estimate of drug-likeness (QED) is 0.726. The molecule has 0 atom stereocenters. The molecule has 0 unspecified atom stereocenters. The predicted octanol–water partition coefficient (Wildman–Crippen LogP) is 0.620. The van der Waals surface area contributed by atoms with Crippen LogP contribution < -0.4 is 4.90 Å². The van der Waals surface area contributed by atoms with E-state index < -0.39 is 0 Å². The van der Waals surface area contributed by atoms with Crippen LogP contribution >= 0.6 is 0 Å². The fourth-order valence-corrected chi connectivity index (χ4v) is 2.07. The third-order valence-corrected chi connectivity index (χ3v) is 3.13. The van der Waals surface area contributed by atoms with E-state index in [1.165, 1.54) is 12.3 Å². The van der Waals surface area contributed by atoms with E-state index in [0.717, 1.165) is 32.1 Å². The lowest BCUT2D eigenvalue weighted by Gasteiger charge is -2.32. The van der Waals surface area contributed by atoms with Gasteiger partial charge in [-0.05, 0) is 19.2 Å². The van der Waals surface area contributed by atoms with Gasteiger partial charge in [-0.25, -0.2) is 4.39 Å². The Morgan fingerprint density at radius 1 is 1.12 bits per heavy atom. The van der Waals surface area contributed by atoms with Crippen molar-refractivity contribution < 1.29 is 4.39 Å². The number of anilines is 1. The number of aromatic nitrogens is 3. The highest BCUT2D eigenvalue weighted by atomic mass is 19.1. The normalized spacial score (nSPS) is 17.9. The highest BCUT2D eigenvalue weighted by Gasteiger charge is 2.18. The first kappa shape index (κ1) is 10.5. The number of rotatable bonds is 1. The van der Waals surface area contributed by atoms with Gasteiger partial charge in [0.1, 0.15) is 5.82 Å². The Morgan fingerprint density at radius 3 is 2.65 bits per heavy atom. The first-order valence-corrected chi connectivity index (χ1v) is 5.68. The van der Waals surface area contributed by atoms with Gasteiger partial charge in [0.25, 0.3) is 0 Å². The van der Waals surface area contributed by atoms with Crippen molar-refractivity contribution >= 4 is 11.6 Å². The Hall–Kier alpha value is -1.69. The van der Waals surface area contributed by atoms with E-state index in [1.54, 1.807) is 10.5 Å². The van der Waals surface area contributed by atoms with Crippen LogP contribution in [0, 0.1) is 5.82 Å². The van der Waals surface area contributed by atoms with Crippen LogP contribution in [0.15, 0.2) is 18.3 Å². The zero-order valence-corrected chi connectivity index (χ0v) is 9.67. The van der Waals surface area contributed by atoms with Gasteiger partial charge < -0.3 is 9.80 Å². The van der Waals surface area contributed by atoms with Crippen molar-refractivity contribution in [1.29, 1.82) is 0 Å². The molecule has 1 saturated heterocycles. The Bertz CT molecular complexity index is 530. The lowest BCUT2D eigenvalue weighted by Crippen LogP contribution is -2.45. The summed E-state index contributed by atoms with van der Waals surface area (Å²) in [6.45, 7) is 3.77. The largest absolute Gasteiger partial charge is 0.338 e. The third kappa shape index (κ3) is 1.84. The number of hydrogen-bond donors (Lipinski definition) is 0. The fourth-order valence-electron chi connectivity index (χ4n) is 2.07. The molecule has 0 saturated carbocycles. The van der Waals surface area contributed by atoms with E-state index in [0.29, 0.717) is 5.65 Å². The molecule has 2 aromatic heterocycles. The van der Waals surface area contributed by atoms with Crippen LogP contribution in [0.5, 0.6) is 0 Å². The van der Waals surface area contributed by atoms with Crippen molar-refractivity contribution in [3.63, 3.8) is 0 Å². The van der Waals surface area contributed by atoms with E-state index in [1.807, 2.05) is 0 Å². The second kappa shape index (κ2) is 3.96. The van der Waals surface area contributed by atoms with E-state index in [9.17, 15) is 4.39 Å². The minimum absolute atomic E-state index is 0.271. The summed E-state index contributed by atoms with van der Waals surface area (Å²) in [5, 5.41) is 8.18. The van der Waals surface area contributed by atoms with Gasteiger partial charge in [0.15, 0.2) is 5.65 Å².